The van der Waals surface area contributed by atoms with E-state index in [4.69, 9.17) is 0 Å². The van der Waals surface area contributed by atoms with Crippen LogP contribution in [0.2, 0.25) is 0 Å². The quantitative estimate of drug-likeness (QED) is 0.754. The fourth-order valence-corrected chi connectivity index (χ4v) is 3.24. The topological polar surface area (TPSA) is 69.7 Å². The second-order valence-corrected chi connectivity index (χ2v) is 6.46. The molecule has 2 amide bonds. The lowest BCUT2D eigenvalue weighted by molar-refractivity contribution is -0.133. The molecule has 23 heavy (non-hydrogen) atoms. The largest absolute Gasteiger partial charge is 0.355 e. The summed E-state index contributed by atoms with van der Waals surface area (Å²) < 4.78 is 0. The van der Waals surface area contributed by atoms with E-state index in [0.717, 1.165) is 0 Å². The number of carbonyl (C=O) groups is 3. The van der Waals surface area contributed by atoms with Gasteiger partial charge in [0.25, 0.3) is 0 Å². The Morgan fingerprint density at radius 1 is 1.17 bits per heavy atom. The van der Waals surface area contributed by atoms with Gasteiger partial charge in [0.05, 0.1) is 11.4 Å². The molecule has 1 aromatic heterocycles. The summed E-state index contributed by atoms with van der Waals surface area (Å²) >= 11 is 1.41. The average Bonchev–Trinajstić information content (AvgIpc) is 3.07. The Bertz CT molecular complexity index is 537. The third kappa shape index (κ3) is 5.44. The first-order chi connectivity index (χ1) is 11.1. The molecular formula is C16H23N3O3S. The smallest absolute Gasteiger partial charge is 0.234 e. The Morgan fingerprint density at radius 2 is 1.91 bits per heavy atom. The lowest BCUT2D eigenvalue weighted by atomic mass is 10.1. The van der Waals surface area contributed by atoms with Crippen LogP contribution in [-0.4, -0.2) is 66.7 Å². The van der Waals surface area contributed by atoms with Gasteiger partial charge in [-0.15, -0.1) is 11.3 Å². The number of likely N-dealkylation sites (N-methyl/N-ethyl adjacent to an activating group) is 1. The lowest BCUT2D eigenvalue weighted by Crippen LogP contribution is -2.51. The lowest BCUT2D eigenvalue weighted by Gasteiger charge is -2.34. The highest BCUT2D eigenvalue weighted by Crippen LogP contribution is 2.13. The van der Waals surface area contributed by atoms with Crippen molar-refractivity contribution in [3.05, 3.63) is 22.4 Å². The summed E-state index contributed by atoms with van der Waals surface area (Å²) in [4.78, 5) is 40.2. The maximum absolute atomic E-state index is 12.2. The molecule has 1 fully saturated rings. The van der Waals surface area contributed by atoms with Crippen LogP contribution < -0.4 is 5.32 Å². The van der Waals surface area contributed by atoms with Gasteiger partial charge in [0.1, 0.15) is 0 Å². The first-order valence-corrected chi connectivity index (χ1v) is 8.81. The van der Waals surface area contributed by atoms with Gasteiger partial charge in [-0.2, -0.15) is 0 Å². The summed E-state index contributed by atoms with van der Waals surface area (Å²) in [6.45, 7) is 5.54. The van der Waals surface area contributed by atoms with Crippen molar-refractivity contribution in [1.29, 1.82) is 0 Å². The number of hydrogen-bond acceptors (Lipinski definition) is 5. The second-order valence-electron chi connectivity index (χ2n) is 5.51. The number of carbonyl (C=O) groups excluding carboxylic acids is 3. The van der Waals surface area contributed by atoms with E-state index < -0.39 is 0 Å². The number of ketones is 1. The van der Waals surface area contributed by atoms with E-state index in [1.54, 1.807) is 11.0 Å². The molecule has 1 N–H and O–H groups in total. The molecule has 0 radical (unpaired) electrons. The Kier molecular flexibility index (Phi) is 6.73. The van der Waals surface area contributed by atoms with Crippen LogP contribution in [-0.2, 0) is 9.59 Å². The fraction of sp³-hybridized carbons (Fsp3) is 0.562. The number of nitrogens with zero attached hydrogens (tertiary/aromatic N) is 2. The van der Waals surface area contributed by atoms with Crippen molar-refractivity contribution in [2.45, 2.75) is 19.8 Å². The van der Waals surface area contributed by atoms with Crippen molar-refractivity contribution in [1.82, 2.24) is 15.1 Å². The van der Waals surface area contributed by atoms with Gasteiger partial charge in [-0.1, -0.05) is 6.07 Å². The molecule has 0 bridgehead atoms. The molecule has 7 heteroatoms. The van der Waals surface area contributed by atoms with Gasteiger partial charge in [-0.05, 0) is 18.4 Å². The summed E-state index contributed by atoms with van der Waals surface area (Å²) in [5.41, 5.74) is 0. The van der Waals surface area contributed by atoms with Crippen molar-refractivity contribution in [3.8, 4) is 0 Å². The first kappa shape index (κ1) is 17.6. The Morgan fingerprint density at radius 3 is 2.52 bits per heavy atom. The van der Waals surface area contributed by atoms with Crippen molar-refractivity contribution in [2.75, 3.05) is 39.3 Å². The van der Waals surface area contributed by atoms with Crippen molar-refractivity contribution in [3.63, 3.8) is 0 Å². The molecule has 0 unspecified atom stereocenters. The highest BCUT2D eigenvalue weighted by atomic mass is 32.1. The van der Waals surface area contributed by atoms with Crippen LogP contribution in [0.4, 0.5) is 0 Å². The third-order valence-corrected chi connectivity index (χ3v) is 4.74. The molecular weight excluding hydrogens is 314 g/mol. The van der Waals surface area contributed by atoms with Crippen molar-refractivity contribution < 1.29 is 14.4 Å². The monoisotopic (exact) mass is 337 g/mol. The van der Waals surface area contributed by atoms with E-state index in [-0.39, 0.29) is 30.4 Å². The molecule has 2 heterocycles. The van der Waals surface area contributed by atoms with Crippen LogP contribution in [0.15, 0.2) is 17.5 Å². The van der Waals surface area contributed by atoms with Gasteiger partial charge in [0.15, 0.2) is 5.78 Å². The SMILES string of the molecule is CCNC(=O)CN1CCN(C(=O)CCC(=O)c2cccs2)CC1. The first-order valence-electron chi connectivity index (χ1n) is 7.93. The molecule has 0 aromatic carbocycles. The molecule has 126 valence electrons. The maximum atomic E-state index is 12.2. The van der Waals surface area contributed by atoms with Crippen LogP contribution >= 0.6 is 11.3 Å². The molecule has 0 aliphatic carbocycles. The second kappa shape index (κ2) is 8.79. The molecule has 0 saturated carbocycles. The zero-order valence-corrected chi connectivity index (χ0v) is 14.2. The summed E-state index contributed by atoms with van der Waals surface area (Å²) in [5.74, 6) is 0.0737. The Hall–Kier alpha value is -1.73. The van der Waals surface area contributed by atoms with Crippen molar-refractivity contribution >= 4 is 28.9 Å². The third-order valence-electron chi connectivity index (χ3n) is 3.83. The predicted octanol–water partition coefficient (Wildman–Crippen LogP) is 0.991. The summed E-state index contributed by atoms with van der Waals surface area (Å²) in [5, 5.41) is 4.64. The summed E-state index contributed by atoms with van der Waals surface area (Å²) in [7, 11) is 0. The predicted molar refractivity (Wildman–Crippen MR) is 89.6 cm³/mol. The van der Waals surface area contributed by atoms with Gasteiger partial charge in [-0.3, -0.25) is 19.3 Å². The number of thiophene rings is 1. The minimum Gasteiger partial charge on any atom is -0.355 e. The zero-order chi connectivity index (χ0) is 16.7. The minimum atomic E-state index is 0.0209. The average molecular weight is 337 g/mol. The highest BCUT2D eigenvalue weighted by molar-refractivity contribution is 7.12. The standard InChI is InChI=1S/C16H23N3O3S/c1-2-17-15(21)12-18-7-9-19(10-8-18)16(22)6-5-13(20)14-4-3-11-23-14/h3-4,11H,2,5-10,12H2,1H3,(H,17,21). The van der Waals surface area contributed by atoms with Crippen LogP contribution in [0.5, 0.6) is 0 Å². The molecule has 1 aliphatic rings. The molecule has 1 aliphatic heterocycles. The van der Waals surface area contributed by atoms with Gasteiger partial charge in [0.2, 0.25) is 11.8 Å². The molecule has 1 saturated heterocycles. The van der Waals surface area contributed by atoms with E-state index in [1.165, 1.54) is 11.3 Å². The summed E-state index contributed by atoms with van der Waals surface area (Å²) in [6.07, 6.45) is 0.519. The van der Waals surface area contributed by atoms with E-state index in [1.807, 2.05) is 23.3 Å². The highest BCUT2D eigenvalue weighted by Gasteiger charge is 2.22. The minimum absolute atomic E-state index is 0.0209. The number of piperazine rings is 1. The molecule has 6 nitrogen and oxygen atoms in total. The van der Waals surface area contributed by atoms with Gasteiger partial charge in [0, 0.05) is 45.6 Å². The normalized spacial score (nSPS) is 15.4. The van der Waals surface area contributed by atoms with Crippen LogP contribution in [0, 0.1) is 0 Å². The van der Waals surface area contributed by atoms with Crippen LogP contribution in [0.3, 0.4) is 0 Å². The van der Waals surface area contributed by atoms with Crippen molar-refractivity contribution in [2.24, 2.45) is 0 Å². The fourth-order valence-electron chi connectivity index (χ4n) is 2.55. The number of nitrogens with one attached hydrogen (secondary N) is 1. The Labute approximate surface area is 140 Å². The zero-order valence-electron chi connectivity index (χ0n) is 13.4. The maximum Gasteiger partial charge on any atom is 0.234 e. The molecule has 2 rings (SSSR count). The van der Waals surface area contributed by atoms with Crippen LogP contribution in [0.1, 0.15) is 29.4 Å². The van der Waals surface area contributed by atoms with E-state index in [2.05, 4.69) is 5.32 Å². The number of amides is 2. The summed E-state index contributed by atoms with van der Waals surface area (Å²) in [6, 6.07) is 3.63. The molecule has 1 aromatic rings. The number of hydrogen-bond donors (Lipinski definition) is 1. The van der Waals surface area contributed by atoms with Gasteiger partial charge < -0.3 is 10.2 Å². The van der Waals surface area contributed by atoms with E-state index in [9.17, 15) is 14.4 Å². The van der Waals surface area contributed by atoms with E-state index in [0.29, 0.717) is 44.1 Å². The Balaban J connectivity index is 1.69. The van der Waals surface area contributed by atoms with Gasteiger partial charge in [-0.25, -0.2) is 0 Å². The van der Waals surface area contributed by atoms with Crippen LogP contribution in [0.25, 0.3) is 0 Å². The molecule has 0 atom stereocenters. The molecule has 0 spiro atoms. The van der Waals surface area contributed by atoms with E-state index >= 15 is 0 Å². The number of rotatable bonds is 7. The number of Topliss-reactive ketones (excluding diaryl/α,β-unsaturated/α-hetero) is 1. The van der Waals surface area contributed by atoms with Gasteiger partial charge >= 0.3 is 0 Å².